The van der Waals surface area contributed by atoms with Crippen LogP contribution in [0, 0.1) is 0 Å². The van der Waals surface area contributed by atoms with E-state index in [9.17, 15) is 18.3 Å². The molecular formula is C19H31N5O4S. The highest BCUT2D eigenvalue weighted by molar-refractivity contribution is 7.89. The lowest BCUT2D eigenvalue weighted by molar-refractivity contribution is 0.0954. The van der Waals surface area contributed by atoms with Gasteiger partial charge in [0.25, 0.3) is 5.91 Å². The van der Waals surface area contributed by atoms with E-state index in [1.54, 1.807) is 23.4 Å². The van der Waals surface area contributed by atoms with Crippen LogP contribution in [0.5, 0.6) is 5.75 Å². The molecule has 1 saturated heterocycles. The molecule has 0 spiro atoms. The fourth-order valence-electron chi connectivity index (χ4n) is 3.03. The van der Waals surface area contributed by atoms with Crippen molar-refractivity contribution in [1.82, 2.24) is 20.3 Å². The van der Waals surface area contributed by atoms with Gasteiger partial charge in [0.15, 0.2) is 5.96 Å². The van der Waals surface area contributed by atoms with Crippen LogP contribution in [-0.2, 0) is 10.0 Å². The predicted molar refractivity (Wildman–Crippen MR) is 114 cm³/mol. The first-order chi connectivity index (χ1) is 13.9. The maximum atomic E-state index is 12.1. The second-order valence-electron chi connectivity index (χ2n) is 6.78. The van der Waals surface area contributed by atoms with Crippen LogP contribution in [-0.4, -0.2) is 74.2 Å². The minimum Gasteiger partial charge on any atom is -0.508 e. The van der Waals surface area contributed by atoms with Crippen molar-refractivity contribution in [2.75, 3.05) is 38.5 Å². The number of benzene rings is 1. The highest BCUT2D eigenvalue weighted by Gasteiger charge is 2.26. The molecule has 0 bridgehead atoms. The summed E-state index contributed by atoms with van der Waals surface area (Å²) < 4.78 is 25.5. The van der Waals surface area contributed by atoms with Crippen molar-refractivity contribution in [2.45, 2.75) is 32.7 Å². The first-order valence-electron chi connectivity index (χ1n) is 9.95. The zero-order valence-electron chi connectivity index (χ0n) is 17.0. The van der Waals surface area contributed by atoms with Gasteiger partial charge in [0.2, 0.25) is 10.0 Å². The number of hydrogen-bond donors (Lipinski definition) is 4. The van der Waals surface area contributed by atoms with Gasteiger partial charge in [-0.2, -0.15) is 0 Å². The number of carbonyl (C=O) groups is 1. The molecule has 0 atom stereocenters. The van der Waals surface area contributed by atoms with Gasteiger partial charge in [-0.3, -0.25) is 9.79 Å². The summed E-state index contributed by atoms with van der Waals surface area (Å²) in [4.78, 5) is 16.5. The van der Waals surface area contributed by atoms with Gasteiger partial charge in [-0.25, -0.2) is 12.7 Å². The number of guanidine groups is 1. The lowest BCUT2D eigenvalue weighted by Crippen LogP contribution is -2.50. The van der Waals surface area contributed by atoms with Gasteiger partial charge in [-0.15, -0.1) is 0 Å². The van der Waals surface area contributed by atoms with Crippen molar-refractivity contribution in [3.05, 3.63) is 29.8 Å². The van der Waals surface area contributed by atoms with Crippen molar-refractivity contribution in [3.8, 4) is 5.75 Å². The van der Waals surface area contributed by atoms with E-state index in [-0.39, 0.29) is 23.5 Å². The second-order valence-corrected chi connectivity index (χ2v) is 9.04. The van der Waals surface area contributed by atoms with Gasteiger partial charge in [0.05, 0.1) is 12.3 Å². The molecule has 1 aliphatic heterocycles. The molecule has 1 amide bonds. The van der Waals surface area contributed by atoms with Crippen LogP contribution in [0.4, 0.5) is 0 Å². The summed E-state index contributed by atoms with van der Waals surface area (Å²) in [7, 11) is -3.13. The molecule has 162 valence electrons. The molecule has 0 unspecified atom stereocenters. The van der Waals surface area contributed by atoms with E-state index < -0.39 is 10.0 Å². The maximum Gasteiger partial charge on any atom is 0.251 e. The molecule has 0 saturated carbocycles. The fourth-order valence-corrected chi connectivity index (χ4v) is 4.16. The van der Waals surface area contributed by atoms with E-state index in [1.165, 1.54) is 12.1 Å². The SMILES string of the molecule is CCNC(=NCCNC(=O)c1ccc(O)cc1)NC1CCN(S(=O)(=O)CC)CC1. The average molecular weight is 426 g/mol. The van der Waals surface area contributed by atoms with Crippen LogP contribution >= 0.6 is 0 Å². The minimum absolute atomic E-state index is 0.116. The summed E-state index contributed by atoms with van der Waals surface area (Å²) in [5.74, 6) is 0.682. The number of phenolic OH excluding ortho intramolecular Hbond substituents is 1. The predicted octanol–water partition coefficient (Wildman–Crippen LogP) is 0.491. The van der Waals surface area contributed by atoms with E-state index in [1.807, 2.05) is 6.92 Å². The Hall–Kier alpha value is -2.33. The number of nitrogens with zero attached hydrogens (tertiary/aromatic N) is 2. The topological polar surface area (TPSA) is 123 Å². The van der Waals surface area contributed by atoms with E-state index in [0.29, 0.717) is 44.2 Å². The molecule has 4 N–H and O–H groups in total. The minimum atomic E-state index is -3.13. The first-order valence-corrected chi connectivity index (χ1v) is 11.6. The second kappa shape index (κ2) is 11.0. The first kappa shape index (κ1) is 23.0. The standard InChI is InChI=1S/C19H31N5O4S/c1-3-20-19(23-16-9-13-24(14-10-16)29(27,28)4-2)22-12-11-21-18(26)15-5-7-17(25)8-6-15/h5-8,16,25H,3-4,9-14H2,1-2H3,(H,21,26)(H2,20,22,23). The van der Waals surface area contributed by atoms with Gasteiger partial charge < -0.3 is 21.1 Å². The number of nitrogens with one attached hydrogen (secondary N) is 3. The molecule has 1 aromatic rings. The lowest BCUT2D eigenvalue weighted by Gasteiger charge is -2.32. The van der Waals surface area contributed by atoms with E-state index in [4.69, 9.17) is 0 Å². The average Bonchev–Trinajstić information content (AvgIpc) is 2.72. The molecule has 0 aliphatic carbocycles. The summed E-state index contributed by atoms with van der Waals surface area (Å²) in [5.41, 5.74) is 0.477. The van der Waals surface area contributed by atoms with Crippen LogP contribution in [0.2, 0.25) is 0 Å². The highest BCUT2D eigenvalue weighted by atomic mass is 32.2. The summed E-state index contributed by atoms with van der Waals surface area (Å²) in [5, 5.41) is 18.6. The molecular weight excluding hydrogens is 394 g/mol. The Balaban J connectivity index is 1.79. The zero-order chi connectivity index (χ0) is 21.3. The van der Waals surface area contributed by atoms with Crippen LogP contribution < -0.4 is 16.0 Å². The Morgan fingerprint density at radius 3 is 2.41 bits per heavy atom. The van der Waals surface area contributed by atoms with E-state index >= 15 is 0 Å². The van der Waals surface area contributed by atoms with Crippen molar-refractivity contribution < 1.29 is 18.3 Å². The van der Waals surface area contributed by atoms with Crippen LogP contribution in [0.1, 0.15) is 37.0 Å². The lowest BCUT2D eigenvalue weighted by atomic mass is 10.1. The van der Waals surface area contributed by atoms with Crippen molar-refractivity contribution in [2.24, 2.45) is 4.99 Å². The quantitative estimate of drug-likeness (QED) is 0.273. The smallest absolute Gasteiger partial charge is 0.251 e. The molecule has 0 aromatic heterocycles. The molecule has 29 heavy (non-hydrogen) atoms. The van der Waals surface area contributed by atoms with Crippen molar-refractivity contribution in [3.63, 3.8) is 0 Å². The highest BCUT2D eigenvalue weighted by Crippen LogP contribution is 2.14. The number of aliphatic imine (C=N–C) groups is 1. The number of piperidine rings is 1. The Morgan fingerprint density at radius 2 is 1.83 bits per heavy atom. The molecule has 1 aromatic carbocycles. The van der Waals surface area contributed by atoms with Crippen molar-refractivity contribution in [1.29, 1.82) is 0 Å². The van der Waals surface area contributed by atoms with Gasteiger partial charge in [-0.1, -0.05) is 0 Å². The van der Waals surface area contributed by atoms with E-state index in [0.717, 1.165) is 12.8 Å². The van der Waals surface area contributed by atoms with Crippen LogP contribution in [0.3, 0.4) is 0 Å². The number of rotatable bonds is 8. The maximum absolute atomic E-state index is 12.1. The van der Waals surface area contributed by atoms with Crippen LogP contribution in [0.25, 0.3) is 0 Å². The fraction of sp³-hybridized carbons (Fsp3) is 0.579. The molecule has 1 aliphatic rings. The zero-order valence-corrected chi connectivity index (χ0v) is 17.8. The number of hydrogen-bond acceptors (Lipinski definition) is 5. The monoisotopic (exact) mass is 425 g/mol. The molecule has 1 fully saturated rings. The Bertz CT molecular complexity index is 787. The number of amides is 1. The summed E-state index contributed by atoms with van der Waals surface area (Å²) in [6.07, 6.45) is 1.45. The Morgan fingerprint density at radius 1 is 1.17 bits per heavy atom. The van der Waals surface area contributed by atoms with Crippen molar-refractivity contribution >= 4 is 21.9 Å². The Kier molecular flexibility index (Phi) is 8.71. The summed E-state index contributed by atoms with van der Waals surface area (Å²) in [6.45, 7) is 6.14. The number of phenols is 1. The number of aromatic hydroxyl groups is 1. The number of carbonyl (C=O) groups excluding carboxylic acids is 1. The van der Waals surface area contributed by atoms with Gasteiger partial charge >= 0.3 is 0 Å². The molecule has 2 rings (SSSR count). The van der Waals surface area contributed by atoms with Gasteiger partial charge in [-0.05, 0) is 51.0 Å². The van der Waals surface area contributed by atoms with E-state index in [2.05, 4.69) is 20.9 Å². The summed E-state index contributed by atoms with van der Waals surface area (Å²) >= 11 is 0. The van der Waals surface area contributed by atoms with Gasteiger partial charge in [0, 0.05) is 37.8 Å². The molecule has 9 nitrogen and oxygen atoms in total. The normalized spacial score (nSPS) is 16.4. The Labute approximate surface area is 172 Å². The molecule has 10 heteroatoms. The summed E-state index contributed by atoms with van der Waals surface area (Å²) in [6, 6.07) is 6.21. The van der Waals surface area contributed by atoms with Crippen LogP contribution in [0.15, 0.2) is 29.3 Å². The molecule has 1 heterocycles. The van der Waals surface area contributed by atoms with Gasteiger partial charge in [0.1, 0.15) is 5.75 Å². The largest absolute Gasteiger partial charge is 0.508 e. The number of sulfonamides is 1. The third kappa shape index (κ3) is 7.21. The third-order valence-corrected chi connectivity index (χ3v) is 6.58. The molecule has 0 radical (unpaired) electrons. The third-order valence-electron chi connectivity index (χ3n) is 4.69.